The van der Waals surface area contributed by atoms with E-state index < -0.39 is 12.1 Å². The zero-order valence-corrected chi connectivity index (χ0v) is 10.5. The maximum absolute atomic E-state index is 11.4. The summed E-state index contributed by atoms with van der Waals surface area (Å²) in [4.78, 5) is 25.5. The Morgan fingerprint density at radius 2 is 1.94 bits per heavy atom. The van der Waals surface area contributed by atoms with Gasteiger partial charge in [-0.15, -0.1) is 0 Å². The van der Waals surface area contributed by atoms with E-state index in [1.165, 1.54) is 4.90 Å². The first kappa shape index (κ1) is 13.9. The number of ether oxygens (including phenoxy) is 1. The number of carbonyl (C=O) groups is 2. The second-order valence-electron chi connectivity index (χ2n) is 4.65. The van der Waals surface area contributed by atoms with Crippen molar-refractivity contribution in [3.05, 3.63) is 0 Å². The van der Waals surface area contributed by atoms with Gasteiger partial charge >= 0.3 is 5.97 Å². The van der Waals surface area contributed by atoms with Crippen LogP contribution < -0.4 is 0 Å². The molecule has 1 aliphatic heterocycles. The molecule has 17 heavy (non-hydrogen) atoms. The van der Waals surface area contributed by atoms with Crippen molar-refractivity contribution in [1.29, 1.82) is 0 Å². The molecule has 0 aromatic carbocycles. The standard InChI is InChI=1S/C11H20N2O4/c1-12(2)10(14)7-13(3)6-8-4-5-9(17-8)11(15)16/h8-9H,4-7H2,1-3H3,(H,15,16). The van der Waals surface area contributed by atoms with Gasteiger partial charge in [-0.05, 0) is 19.9 Å². The third kappa shape index (κ3) is 4.32. The van der Waals surface area contributed by atoms with Crippen molar-refractivity contribution < 1.29 is 19.4 Å². The van der Waals surface area contributed by atoms with Crippen molar-refractivity contribution >= 4 is 11.9 Å². The van der Waals surface area contributed by atoms with Gasteiger partial charge in [0.2, 0.25) is 5.91 Å². The topological polar surface area (TPSA) is 70.1 Å². The lowest BCUT2D eigenvalue weighted by Crippen LogP contribution is -2.38. The second-order valence-corrected chi connectivity index (χ2v) is 4.65. The first-order chi connectivity index (χ1) is 7.90. The Kier molecular flexibility index (Phi) is 4.89. The Morgan fingerprint density at radius 3 is 2.41 bits per heavy atom. The molecule has 1 N–H and O–H groups in total. The van der Waals surface area contributed by atoms with Crippen LogP contribution in [0.3, 0.4) is 0 Å². The van der Waals surface area contributed by atoms with E-state index in [2.05, 4.69) is 0 Å². The van der Waals surface area contributed by atoms with Gasteiger partial charge < -0.3 is 14.7 Å². The van der Waals surface area contributed by atoms with Gasteiger partial charge in [0, 0.05) is 20.6 Å². The third-order valence-electron chi connectivity index (χ3n) is 2.80. The maximum Gasteiger partial charge on any atom is 0.332 e. The average Bonchev–Trinajstić information content (AvgIpc) is 2.65. The minimum atomic E-state index is -0.903. The number of hydrogen-bond acceptors (Lipinski definition) is 4. The Balaban J connectivity index is 2.31. The summed E-state index contributed by atoms with van der Waals surface area (Å²) < 4.78 is 5.37. The molecule has 6 heteroatoms. The van der Waals surface area contributed by atoms with E-state index in [0.29, 0.717) is 19.5 Å². The van der Waals surface area contributed by atoms with Crippen LogP contribution in [0.1, 0.15) is 12.8 Å². The van der Waals surface area contributed by atoms with Gasteiger partial charge in [0.15, 0.2) is 6.10 Å². The lowest BCUT2D eigenvalue weighted by atomic mass is 10.2. The molecule has 2 unspecified atom stereocenters. The van der Waals surface area contributed by atoms with Crippen LogP contribution in [-0.4, -0.2) is 73.2 Å². The molecule has 6 nitrogen and oxygen atoms in total. The van der Waals surface area contributed by atoms with Gasteiger partial charge in [0.05, 0.1) is 12.6 Å². The molecular weight excluding hydrogens is 224 g/mol. The van der Waals surface area contributed by atoms with Crippen molar-refractivity contribution in [2.75, 3.05) is 34.2 Å². The Hall–Kier alpha value is -1.14. The highest BCUT2D eigenvalue weighted by atomic mass is 16.5. The highest BCUT2D eigenvalue weighted by Gasteiger charge is 2.31. The van der Waals surface area contributed by atoms with E-state index in [1.54, 1.807) is 14.1 Å². The largest absolute Gasteiger partial charge is 0.479 e. The molecule has 0 saturated carbocycles. The van der Waals surface area contributed by atoms with Crippen molar-refractivity contribution in [2.45, 2.75) is 25.0 Å². The second kappa shape index (κ2) is 5.97. The fraction of sp³-hybridized carbons (Fsp3) is 0.818. The predicted molar refractivity (Wildman–Crippen MR) is 61.7 cm³/mol. The molecule has 0 radical (unpaired) electrons. The molecule has 1 fully saturated rings. The summed E-state index contributed by atoms with van der Waals surface area (Å²) in [6, 6.07) is 0. The van der Waals surface area contributed by atoms with Gasteiger partial charge in [-0.2, -0.15) is 0 Å². The molecule has 0 aromatic heterocycles. The smallest absolute Gasteiger partial charge is 0.332 e. The number of likely N-dealkylation sites (N-methyl/N-ethyl adjacent to an activating group) is 2. The van der Waals surface area contributed by atoms with Gasteiger partial charge in [-0.1, -0.05) is 0 Å². The zero-order valence-electron chi connectivity index (χ0n) is 10.5. The molecule has 1 amide bonds. The molecule has 1 saturated heterocycles. The minimum Gasteiger partial charge on any atom is -0.479 e. The van der Waals surface area contributed by atoms with Crippen LogP contribution in [0.15, 0.2) is 0 Å². The summed E-state index contributed by atoms with van der Waals surface area (Å²) in [5.41, 5.74) is 0. The van der Waals surface area contributed by atoms with Crippen LogP contribution in [0.25, 0.3) is 0 Å². The van der Waals surface area contributed by atoms with E-state index in [9.17, 15) is 9.59 Å². The molecular formula is C11H20N2O4. The number of aliphatic carboxylic acids is 1. The van der Waals surface area contributed by atoms with Gasteiger partial charge in [0.25, 0.3) is 0 Å². The summed E-state index contributed by atoms with van der Waals surface area (Å²) in [6.07, 6.45) is 0.515. The van der Waals surface area contributed by atoms with Crippen molar-refractivity contribution in [2.24, 2.45) is 0 Å². The van der Waals surface area contributed by atoms with Crippen LogP contribution in [0.4, 0.5) is 0 Å². The van der Waals surface area contributed by atoms with Gasteiger partial charge in [-0.25, -0.2) is 4.79 Å². The van der Waals surface area contributed by atoms with Crippen molar-refractivity contribution in [3.8, 4) is 0 Å². The molecule has 98 valence electrons. The number of nitrogens with zero attached hydrogens (tertiary/aromatic N) is 2. The predicted octanol–water partition coefficient (Wildman–Crippen LogP) is -0.361. The number of carboxylic acids is 1. The first-order valence-corrected chi connectivity index (χ1v) is 5.67. The lowest BCUT2D eigenvalue weighted by molar-refractivity contribution is -0.150. The lowest BCUT2D eigenvalue weighted by Gasteiger charge is -2.22. The highest BCUT2D eigenvalue weighted by Crippen LogP contribution is 2.20. The van der Waals surface area contributed by atoms with E-state index in [-0.39, 0.29) is 12.0 Å². The maximum atomic E-state index is 11.4. The molecule has 0 spiro atoms. The Labute approximate surface area is 101 Å². The quantitative estimate of drug-likeness (QED) is 0.715. The summed E-state index contributed by atoms with van der Waals surface area (Å²) in [7, 11) is 5.25. The van der Waals surface area contributed by atoms with Crippen LogP contribution in [0, 0.1) is 0 Å². The minimum absolute atomic E-state index is 0.0280. The number of carboxylic acid groups (broad SMARTS) is 1. The number of carbonyl (C=O) groups excluding carboxylic acids is 1. The number of rotatable bonds is 5. The Bertz CT molecular complexity index is 293. The van der Waals surface area contributed by atoms with Gasteiger partial charge in [-0.3, -0.25) is 9.69 Å². The first-order valence-electron chi connectivity index (χ1n) is 5.67. The molecule has 1 aliphatic rings. The SMILES string of the molecule is CN(CC(=O)N(C)C)CC1CCC(C(=O)O)O1. The molecule has 2 atom stereocenters. The fourth-order valence-corrected chi connectivity index (χ4v) is 1.81. The Morgan fingerprint density at radius 1 is 1.29 bits per heavy atom. The monoisotopic (exact) mass is 244 g/mol. The van der Waals surface area contributed by atoms with Crippen LogP contribution >= 0.6 is 0 Å². The molecule has 0 aromatic rings. The van der Waals surface area contributed by atoms with Gasteiger partial charge in [0.1, 0.15) is 0 Å². The van der Waals surface area contributed by atoms with E-state index >= 15 is 0 Å². The van der Waals surface area contributed by atoms with E-state index in [1.807, 2.05) is 11.9 Å². The average molecular weight is 244 g/mol. The summed E-state index contributed by atoms with van der Waals surface area (Å²) in [5, 5.41) is 8.78. The zero-order chi connectivity index (χ0) is 13.0. The van der Waals surface area contributed by atoms with Crippen LogP contribution in [0.5, 0.6) is 0 Å². The van der Waals surface area contributed by atoms with E-state index in [0.717, 1.165) is 6.42 Å². The third-order valence-corrected chi connectivity index (χ3v) is 2.80. The van der Waals surface area contributed by atoms with Crippen LogP contribution in [0.2, 0.25) is 0 Å². The van der Waals surface area contributed by atoms with Crippen molar-refractivity contribution in [3.63, 3.8) is 0 Å². The summed E-state index contributed by atoms with van der Waals surface area (Å²) >= 11 is 0. The normalized spacial score (nSPS) is 24.0. The molecule has 0 aliphatic carbocycles. The molecule has 0 bridgehead atoms. The number of amides is 1. The summed E-state index contributed by atoms with van der Waals surface area (Å²) in [6.45, 7) is 0.911. The number of hydrogen-bond donors (Lipinski definition) is 1. The van der Waals surface area contributed by atoms with E-state index in [4.69, 9.17) is 9.84 Å². The highest BCUT2D eigenvalue weighted by molar-refractivity contribution is 5.77. The fourth-order valence-electron chi connectivity index (χ4n) is 1.81. The van der Waals surface area contributed by atoms with Crippen molar-refractivity contribution in [1.82, 2.24) is 9.80 Å². The molecule has 1 heterocycles. The molecule has 1 rings (SSSR count). The van der Waals surface area contributed by atoms with Crippen LogP contribution in [-0.2, 0) is 14.3 Å². The summed E-state index contributed by atoms with van der Waals surface area (Å²) in [5.74, 6) is -0.875.